The molecule has 170 valence electrons. The fraction of sp³-hybridized carbons (Fsp3) is 0.130. The van der Waals surface area contributed by atoms with Gasteiger partial charge >= 0.3 is 30.9 Å². The molecule has 0 unspecified atom stereocenters. The number of anilines is 1. The van der Waals surface area contributed by atoms with Gasteiger partial charge in [0, 0.05) is 23.9 Å². The number of amides is 2. The fourth-order valence-electron chi connectivity index (χ4n) is 3.23. The summed E-state index contributed by atoms with van der Waals surface area (Å²) in [7, 11) is 0. The third kappa shape index (κ3) is 5.54. The minimum absolute atomic E-state index is 0. The molecule has 4 rings (SSSR count). The van der Waals surface area contributed by atoms with E-state index in [0.29, 0.717) is 33.8 Å². The Balaban J connectivity index is 0.00000324. The van der Waals surface area contributed by atoms with E-state index in [2.05, 4.69) is 20.6 Å². The van der Waals surface area contributed by atoms with E-state index in [9.17, 15) is 9.59 Å². The summed E-state index contributed by atoms with van der Waals surface area (Å²) in [5.41, 5.74) is 2.11. The maximum atomic E-state index is 15.7. The Morgan fingerprint density at radius 2 is 1.97 bits per heavy atom. The standard InChI is InChI=1S/C23H19FN4O4S.Li.H/c1-2-25-22(31)28-23-27-20-19(24)15(13-6-5-7-14(10-13)32-12-18(29)30)11-16(21(20)33-23)17-8-3-4-9-26-17;;/h3-11H,2,12H2,1H3,(H,29,30)(H2,25,27,28,31);;. The van der Waals surface area contributed by atoms with Crippen molar-refractivity contribution in [2.24, 2.45) is 0 Å². The van der Waals surface area contributed by atoms with Crippen molar-refractivity contribution in [1.29, 1.82) is 0 Å². The summed E-state index contributed by atoms with van der Waals surface area (Å²) in [6, 6.07) is 13.2. The van der Waals surface area contributed by atoms with Crippen molar-refractivity contribution in [1.82, 2.24) is 15.3 Å². The van der Waals surface area contributed by atoms with Gasteiger partial charge in [0.25, 0.3) is 0 Å². The second-order valence-electron chi connectivity index (χ2n) is 6.89. The average Bonchev–Trinajstić information content (AvgIpc) is 3.23. The van der Waals surface area contributed by atoms with Gasteiger partial charge in [-0.15, -0.1) is 0 Å². The molecular formula is C23H20FLiN4O4S. The molecule has 8 nitrogen and oxygen atoms in total. The number of rotatable bonds is 7. The van der Waals surface area contributed by atoms with E-state index in [0.717, 1.165) is 11.3 Å². The Morgan fingerprint density at radius 1 is 1.15 bits per heavy atom. The number of carboxylic acid groups (broad SMARTS) is 1. The average molecular weight is 474 g/mol. The summed E-state index contributed by atoms with van der Waals surface area (Å²) in [6.07, 6.45) is 1.64. The fourth-order valence-corrected chi connectivity index (χ4v) is 4.21. The molecule has 2 heterocycles. The third-order valence-corrected chi connectivity index (χ3v) is 5.61. The maximum absolute atomic E-state index is 15.7. The van der Waals surface area contributed by atoms with E-state index in [1.54, 1.807) is 55.6 Å². The Morgan fingerprint density at radius 3 is 2.68 bits per heavy atom. The topological polar surface area (TPSA) is 113 Å². The van der Waals surface area contributed by atoms with Crippen molar-refractivity contribution in [3.05, 3.63) is 60.5 Å². The number of halogens is 1. The molecule has 0 saturated heterocycles. The number of carbonyl (C=O) groups excluding carboxylic acids is 1. The molecule has 0 radical (unpaired) electrons. The molecule has 2 amide bonds. The molecule has 0 spiro atoms. The summed E-state index contributed by atoms with van der Waals surface area (Å²) < 4.78 is 21.4. The van der Waals surface area contributed by atoms with Crippen LogP contribution >= 0.6 is 11.3 Å². The van der Waals surface area contributed by atoms with E-state index < -0.39 is 24.4 Å². The van der Waals surface area contributed by atoms with Crippen LogP contribution in [0.15, 0.2) is 54.7 Å². The number of carboxylic acids is 1. The summed E-state index contributed by atoms with van der Waals surface area (Å²) in [5, 5.41) is 14.3. The van der Waals surface area contributed by atoms with Crippen LogP contribution in [-0.2, 0) is 4.79 Å². The molecule has 0 atom stereocenters. The number of benzene rings is 2. The van der Waals surface area contributed by atoms with E-state index in [-0.39, 0.29) is 35.1 Å². The van der Waals surface area contributed by atoms with Crippen molar-refractivity contribution in [3.8, 4) is 28.1 Å². The van der Waals surface area contributed by atoms with Crippen LogP contribution in [0.4, 0.5) is 14.3 Å². The number of aromatic nitrogens is 2. The molecule has 0 aliphatic heterocycles. The van der Waals surface area contributed by atoms with Gasteiger partial charge in [0.05, 0.1) is 10.4 Å². The minimum atomic E-state index is -1.11. The zero-order chi connectivity index (χ0) is 23.4. The molecule has 0 bridgehead atoms. The monoisotopic (exact) mass is 474 g/mol. The Labute approximate surface area is 210 Å². The summed E-state index contributed by atoms with van der Waals surface area (Å²) in [6.45, 7) is 1.72. The van der Waals surface area contributed by atoms with Crippen LogP contribution in [-0.4, -0.2) is 59.1 Å². The van der Waals surface area contributed by atoms with Gasteiger partial charge < -0.3 is 15.2 Å². The number of ether oxygens (including phenoxy) is 1. The quantitative estimate of drug-likeness (QED) is 0.347. The van der Waals surface area contributed by atoms with Gasteiger partial charge in [0.2, 0.25) is 0 Å². The number of thiazole rings is 1. The van der Waals surface area contributed by atoms with Crippen molar-refractivity contribution in [3.63, 3.8) is 0 Å². The summed E-state index contributed by atoms with van der Waals surface area (Å²) >= 11 is 1.15. The molecule has 0 fully saturated rings. The Hall–Kier alpha value is -3.45. The normalized spacial score (nSPS) is 10.4. The predicted octanol–water partition coefficient (Wildman–Crippen LogP) is 4.12. The Kier molecular flexibility index (Phi) is 8.23. The predicted molar refractivity (Wildman–Crippen MR) is 131 cm³/mol. The molecule has 2 aromatic heterocycles. The number of hydrogen-bond acceptors (Lipinski definition) is 6. The first-order valence-electron chi connectivity index (χ1n) is 10.0. The van der Waals surface area contributed by atoms with Gasteiger partial charge in [-0.3, -0.25) is 10.3 Å². The molecule has 0 aliphatic rings. The van der Waals surface area contributed by atoms with Crippen LogP contribution < -0.4 is 15.4 Å². The SMILES string of the molecule is CCNC(=O)Nc1nc2c(F)c(-c3cccc(OCC(=O)O)c3)cc(-c3ccccn3)c2s1.[LiH]. The number of nitrogens with one attached hydrogen (secondary N) is 2. The zero-order valence-corrected chi connectivity index (χ0v) is 18.3. The van der Waals surface area contributed by atoms with Crippen LogP contribution in [0.2, 0.25) is 0 Å². The van der Waals surface area contributed by atoms with Crippen LogP contribution in [0.25, 0.3) is 32.6 Å². The van der Waals surface area contributed by atoms with Crippen molar-refractivity contribution in [2.75, 3.05) is 18.5 Å². The van der Waals surface area contributed by atoms with Crippen LogP contribution in [0, 0.1) is 5.82 Å². The number of pyridine rings is 1. The van der Waals surface area contributed by atoms with Gasteiger partial charge in [-0.05, 0) is 42.8 Å². The summed E-state index contributed by atoms with van der Waals surface area (Å²) in [4.78, 5) is 31.5. The molecule has 0 saturated carbocycles. The van der Waals surface area contributed by atoms with Crippen molar-refractivity contribution in [2.45, 2.75) is 6.92 Å². The first-order chi connectivity index (χ1) is 16.0. The summed E-state index contributed by atoms with van der Waals surface area (Å²) in [5.74, 6) is -1.38. The molecule has 3 N–H and O–H groups in total. The second kappa shape index (κ2) is 11.1. The van der Waals surface area contributed by atoms with Gasteiger partial charge in [-0.25, -0.2) is 19.0 Å². The Bertz CT molecular complexity index is 1330. The van der Waals surface area contributed by atoms with Gasteiger partial charge in [-0.1, -0.05) is 29.5 Å². The zero-order valence-electron chi connectivity index (χ0n) is 17.5. The van der Waals surface area contributed by atoms with Crippen LogP contribution in [0.1, 0.15) is 6.92 Å². The molecule has 4 aromatic rings. The van der Waals surface area contributed by atoms with E-state index in [4.69, 9.17) is 9.84 Å². The second-order valence-corrected chi connectivity index (χ2v) is 7.89. The number of nitrogens with zero attached hydrogens (tertiary/aromatic N) is 2. The third-order valence-electron chi connectivity index (χ3n) is 4.61. The number of hydrogen-bond donors (Lipinski definition) is 3. The number of carbonyl (C=O) groups is 2. The first kappa shape index (κ1) is 25.2. The van der Waals surface area contributed by atoms with Gasteiger partial charge in [-0.2, -0.15) is 0 Å². The van der Waals surface area contributed by atoms with Crippen LogP contribution in [0.5, 0.6) is 5.75 Å². The van der Waals surface area contributed by atoms with Gasteiger partial charge in [0.1, 0.15) is 11.3 Å². The number of aliphatic carboxylic acids is 1. The van der Waals surface area contributed by atoms with E-state index in [1.807, 2.05) is 6.07 Å². The molecule has 11 heteroatoms. The van der Waals surface area contributed by atoms with Crippen molar-refractivity contribution < 1.29 is 23.8 Å². The molecular weight excluding hydrogens is 454 g/mol. The molecule has 2 aromatic carbocycles. The molecule has 34 heavy (non-hydrogen) atoms. The number of urea groups is 1. The van der Waals surface area contributed by atoms with Gasteiger partial charge in [0.15, 0.2) is 17.6 Å². The molecule has 0 aliphatic carbocycles. The van der Waals surface area contributed by atoms with Crippen molar-refractivity contribution >= 4 is 57.5 Å². The van der Waals surface area contributed by atoms with E-state index >= 15 is 4.39 Å². The van der Waals surface area contributed by atoms with Crippen LogP contribution in [0.3, 0.4) is 0 Å². The van der Waals surface area contributed by atoms with E-state index in [1.165, 1.54) is 0 Å². The first-order valence-corrected chi connectivity index (χ1v) is 10.8. The number of fused-ring (bicyclic) bond motifs is 1.